The highest BCUT2D eigenvalue weighted by Crippen LogP contribution is 2.37. The van der Waals surface area contributed by atoms with E-state index < -0.39 is 11.8 Å². The van der Waals surface area contributed by atoms with E-state index in [0.29, 0.717) is 35.4 Å². The third kappa shape index (κ3) is 5.70. The topological polar surface area (TPSA) is 94.8 Å². The Hall–Kier alpha value is -2.84. The molecule has 2 saturated heterocycles. The number of anilines is 3. The number of nitrogen functional groups attached to an aromatic ring is 1. The molecule has 2 fully saturated rings. The van der Waals surface area contributed by atoms with Gasteiger partial charge in [0.05, 0.1) is 28.6 Å². The average molecular weight is 499 g/mol. The van der Waals surface area contributed by atoms with Gasteiger partial charge in [-0.3, -0.25) is 9.59 Å². The average Bonchev–Trinajstić information content (AvgIpc) is 2.85. The van der Waals surface area contributed by atoms with Crippen LogP contribution in [0, 0.1) is 5.92 Å². The zero-order chi connectivity index (χ0) is 25.1. The maximum atomic E-state index is 13.3. The smallest absolute Gasteiger partial charge is 0.313 e. The first-order valence-electron chi connectivity index (χ1n) is 12.4. The molecular weight excluding hydrogens is 464 g/mol. The van der Waals surface area contributed by atoms with Gasteiger partial charge in [-0.05, 0) is 61.6 Å². The van der Waals surface area contributed by atoms with E-state index in [1.54, 1.807) is 11.0 Å². The van der Waals surface area contributed by atoms with Crippen molar-refractivity contribution < 1.29 is 9.59 Å². The summed E-state index contributed by atoms with van der Waals surface area (Å²) in [5.74, 6) is -0.472. The largest absolute Gasteiger partial charge is 0.383 e. The maximum Gasteiger partial charge on any atom is 0.313 e. The number of carbonyl (C=O) groups excluding carboxylic acids is 2. The molecule has 0 spiro atoms. The number of likely N-dealkylation sites (N-methyl/N-ethyl adjacent to an activating group) is 1. The van der Waals surface area contributed by atoms with Crippen molar-refractivity contribution in [3.8, 4) is 0 Å². The van der Waals surface area contributed by atoms with Gasteiger partial charge in [-0.1, -0.05) is 31.5 Å². The summed E-state index contributed by atoms with van der Waals surface area (Å²) in [6.45, 7) is 8.45. The molecule has 2 atom stereocenters. The molecule has 0 bridgehead atoms. The third-order valence-electron chi connectivity index (χ3n) is 7.11. The van der Waals surface area contributed by atoms with Crippen molar-refractivity contribution in [2.75, 3.05) is 55.7 Å². The number of piperazine rings is 1. The first-order chi connectivity index (χ1) is 16.8. The number of hydrogen-bond donors (Lipinski definition) is 2. The molecular formula is C26H35ClN6O2. The lowest BCUT2D eigenvalue weighted by Gasteiger charge is -2.39. The van der Waals surface area contributed by atoms with E-state index in [1.165, 1.54) is 6.20 Å². The molecule has 2 aromatic rings. The van der Waals surface area contributed by atoms with E-state index in [-0.39, 0.29) is 6.04 Å². The van der Waals surface area contributed by atoms with Gasteiger partial charge in [0.2, 0.25) is 0 Å². The molecule has 1 aromatic carbocycles. The summed E-state index contributed by atoms with van der Waals surface area (Å²) in [5, 5.41) is 3.39. The van der Waals surface area contributed by atoms with Crippen molar-refractivity contribution >= 4 is 40.6 Å². The zero-order valence-corrected chi connectivity index (χ0v) is 21.5. The van der Waals surface area contributed by atoms with Gasteiger partial charge in [0.1, 0.15) is 5.82 Å². The summed E-state index contributed by atoms with van der Waals surface area (Å²) in [4.78, 5) is 36.7. The summed E-state index contributed by atoms with van der Waals surface area (Å²) in [6.07, 6.45) is 3.93. The normalized spacial score (nSPS) is 21.1. The molecule has 4 rings (SSSR count). The number of benzene rings is 1. The lowest BCUT2D eigenvalue weighted by atomic mass is 9.89. The SMILES string of the molecule is CCc1cc(NC(=O)C(=O)N2C[C@H](C)CC[C@H]2c2ccc(N3CCN(C)CC3)c(Cl)c2)cnc1N. The van der Waals surface area contributed by atoms with Crippen LogP contribution in [0.2, 0.25) is 5.02 Å². The standard InChI is InChI=1S/C26H35ClN6O2/c1-4-18-13-20(15-29-24(18)28)30-25(34)26(35)33-16-17(2)5-7-22(33)19-6-8-23(21(27)14-19)32-11-9-31(3)10-12-32/h6,8,13-15,17,22H,4-5,7,9-12,16H2,1-3H3,(H2,28,29)(H,30,34)/t17-,22+/m1/s1. The van der Waals surface area contributed by atoms with Crippen molar-refractivity contribution in [3.63, 3.8) is 0 Å². The van der Waals surface area contributed by atoms with E-state index in [2.05, 4.69) is 46.2 Å². The fourth-order valence-corrected chi connectivity index (χ4v) is 5.25. The van der Waals surface area contributed by atoms with Gasteiger partial charge in [-0.15, -0.1) is 0 Å². The van der Waals surface area contributed by atoms with E-state index in [0.717, 1.165) is 55.8 Å². The number of nitrogens with zero attached hydrogens (tertiary/aromatic N) is 4. The van der Waals surface area contributed by atoms with Crippen molar-refractivity contribution in [1.82, 2.24) is 14.8 Å². The highest BCUT2D eigenvalue weighted by Gasteiger charge is 2.34. The molecule has 35 heavy (non-hydrogen) atoms. The van der Waals surface area contributed by atoms with Gasteiger partial charge in [0.15, 0.2) is 0 Å². The predicted octanol–water partition coefficient (Wildman–Crippen LogP) is 3.57. The molecule has 2 amide bonds. The number of amides is 2. The Morgan fingerprint density at radius 1 is 1.17 bits per heavy atom. The summed E-state index contributed by atoms with van der Waals surface area (Å²) >= 11 is 6.73. The Morgan fingerprint density at radius 3 is 2.60 bits per heavy atom. The van der Waals surface area contributed by atoms with Crippen LogP contribution < -0.4 is 16.0 Å². The van der Waals surface area contributed by atoms with E-state index >= 15 is 0 Å². The lowest BCUT2D eigenvalue weighted by Crippen LogP contribution is -2.46. The highest BCUT2D eigenvalue weighted by atomic mass is 35.5. The maximum absolute atomic E-state index is 13.3. The van der Waals surface area contributed by atoms with Crippen LogP contribution in [-0.4, -0.2) is 66.4 Å². The van der Waals surface area contributed by atoms with E-state index in [9.17, 15) is 9.59 Å². The molecule has 3 N–H and O–H groups in total. The van der Waals surface area contributed by atoms with Crippen molar-refractivity contribution in [3.05, 3.63) is 46.6 Å². The summed E-state index contributed by atoms with van der Waals surface area (Å²) in [6, 6.07) is 7.64. The minimum absolute atomic E-state index is 0.195. The predicted molar refractivity (Wildman–Crippen MR) is 141 cm³/mol. The minimum atomic E-state index is -0.669. The number of pyridine rings is 1. The molecule has 8 nitrogen and oxygen atoms in total. The first kappa shape index (κ1) is 25.3. The number of aromatic nitrogens is 1. The van der Waals surface area contributed by atoms with Crippen molar-refractivity contribution in [2.24, 2.45) is 5.92 Å². The number of likely N-dealkylation sites (tertiary alicyclic amines) is 1. The number of carbonyl (C=O) groups is 2. The molecule has 2 aliphatic heterocycles. The van der Waals surface area contributed by atoms with Crippen LogP contribution >= 0.6 is 11.6 Å². The van der Waals surface area contributed by atoms with Crippen LogP contribution in [0.15, 0.2) is 30.5 Å². The lowest BCUT2D eigenvalue weighted by molar-refractivity contribution is -0.146. The van der Waals surface area contributed by atoms with Gasteiger partial charge in [-0.25, -0.2) is 4.98 Å². The minimum Gasteiger partial charge on any atom is -0.383 e. The molecule has 1 aromatic heterocycles. The van der Waals surface area contributed by atoms with Gasteiger partial charge >= 0.3 is 11.8 Å². The number of nitrogens with one attached hydrogen (secondary N) is 1. The van der Waals surface area contributed by atoms with Crippen LogP contribution in [0.4, 0.5) is 17.2 Å². The van der Waals surface area contributed by atoms with Crippen LogP contribution in [0.3, 0.4) is 0 Å². The number of nitrogens with two attached hydrogens (primary N) is 1. The molecule has 0 radical (unpaired) electrons. The Morgan fingerprint density at radius 2 is 1.91 bits per heavy atom. The van der Waals surface area contributed by atoms with Gasteiger partial charge in [0, 0.05) is 32.7 Å². The van der Waals surface area contributed by atoms with Crippen LogP contribution in [0.25, 0.3) is 0 Å². The number of halogens is 1. The fourth-order valence-electron chi connectivity index (χ4n) is 4.95. The molecule has 3 heterocycles. The zero-order valence-electron chi connectivity index (χ0n) is 20.8. The van der Waals surface area contributed by atoms with Gasteiger partial charge < -0.3 is 25.8 Å². The van der Waals surface area contributed by atoms with Crippen LogP contribution in [0.1, 0.15) is 43.9 Å². The second kappa shape index (κ2) is 10.8. The highest BCUT2D eigenvalue weighted by molar-refractivity contribution is 6.39. The Balaban J connectivity index is 1.52. The van der Waals surface area contributed by atoms with Gasteiger partial charge in [-0.2, -0.15) is 0 Å². The summed E-state index contributed by atoms with van der Waals surface area (Å²) in [5.41, 5.74) is 9.14. The van der Waals surface area contributed by atoms with Crippen LogP contribution in [-0.2, 0) is 16.0 Å². The molecule has 0 aliphatic carbocycles. The van der Waals surface area contributed by atoms with E-state index in [1.807, 2.05) is 13.0 Å². The quantitative estimate of drug-likeness (QED) is 0.626. The fraction of sp³-hybridized carbons (Fsp3) is 0.500. The number of hydrogen-bond acceptors (Lipinski definition) is 6. The van der Waals surface area contributed by atoms with E-state index in [4.69, 9.17) is 17.3 Å². The Kier molecular flexibility index (Phi) is 7.82. The third-order valence-corrected chi connectivity index (χ3v) is 7.42. The molecule has 9 heteroatoms. The Labute approximate surface area is 212 Å². The van der Waals surface area contributed by atoms with Crippen molar-refractivity contribution in [1.29, 1.82) is 0 Å². The molecule has 2 aliphatic rings. The Bertz CT molecular complexity index is 1090. The second-order valence-electron chi connectivity index (χ2n) is 9.73. The van der Waals surface area contributed by atoms with Gasteiger partial charge in [0.25, 0.3) is 0 Å². The number of aryl methyl sites for hydroxylation is 1. The van der Waals surface area contributed by atoms with Crippen LogP contribution in [0.5, 0.6) is 0 Å². The summed E-state index contributed by atoms with van der Waals surface area (Å²) in [7, 11) is 2.13. The first-order valence-corrected chi connectivity index (χ1v) is 12.7. The number of piperidine rings is 1. The molecule has 0 unspecified atom stereocenters. The summed E-state index contributed by atoms with van der Waals surface area (Å²) < 4.78 is 0. The molecule has 188 valence electrons. The second-order valence-corrected chi connectivity index (χ2v) is 10.1. The van der Waals surface area contributed by atoms with Crippen molar-refractivity contribution in [2.45, 2.75) is 39.2 Å². The molecule has 0 saturated carbocycles. The number of rotatable bonds is 4. The monoisotopic (exact) mass is 498 g/mol.